The van der Waals surface area contributed by atoms with Crippen molar-refractivity contribution in [2.24, 2.45) is 0 Å². The zero-order valence-electron chi connectivity index (χ0n) is 12.6. The molecule has 0 aliphatic carbocycles. The molecule has 1 aromatic rings. The summed E-state index contributed by atoms with van der Waals surface area (Å²) in [5.41, 5.74) is 6.59. The molecule has 0 radical (unpaired) electrons. The van der Waals surface area contributed by atoms with Crippen LogP contribution in [-0.4, -0.2) is 45.6 Å². The van der Waals surface area contributed by atoms with E-state index in [9.17, 15) is 9.59 Å². The Morgan fingerprint density at radius 2 is 2.05 bits per heavy atom. The SMILES string of the molecule is CCC(=O)NC1CCN(C(=O)c2nn(CC)cc2N)CC1. The van der Waals surface area contributed by atoms with E-state index < -0.39 is 0 Å². The fraction of sp³-hybridized carbons (Fsp3) is 0.643. The highest BCUT2D eigenvalue weighted by molar-refractivity contribution is 5.97. The van der Waals surface area contributed by atoms with Crippen LogP contribution in [0.4, 0.5) is 5.69 Å². The molecule has 2 heterocycles. The first-order valence-corrected chi connectivity index (χ1v) is 7.46. The Bertz CT molecular complexity index is 517. The summed E-state index contributed by atoms with van der Waals surface area (Å²) in [6.07, 6.45) is 3.71. The highest BCUT2D eigenvalue weighted by Gasteiger charge is 2.27. The largest absolute Gasteiger partial charge is 0.396 e. The van der Waals surface area contributed by atoms with Crippen LogP contribution < -0.4 is 11.1 Å². The number of rotatable bonds is 4. The number of carbonyl (C=O) groups excluding carboxylic acids is 2. The lowest BCUT2D eigenvalue weighted by Gasteiger charge is -2.32. The second kappa shape index (κ2) is 6.60. The van der Waals surface area contributed by atoms with Crippen molar-refractivity contribution in [3.8, 4) is 0 Å². The van der Waals surface area contributed by atoms with Crippen molar-refractivity contribution < 1.29 is 9.59 Å². The molecule has 7 heteroatoms. The maximum absolute atomic E-state index is 12.4. The molecule has 0 bridgehead atoms. The van der Waals surface area contributed by atoms with Gasteiger partial charge in [0.15, 0.2) is 5.69 Å². The van der Waals surface area contributed by atoms with Crippen LogP contribution in [-0.2, 0) is 11.3 Å². The van der Waals surface area contributed by atoms with E-state index >= 15 is 0 Å². The highest BCUT2D eigenvalue weighted by atomic mass is 16.2. The van der Waals surface area contributed by atoms with Crippen LogP contribution in [0.25, 0.3) is 0 Å². The monoisotopic (exact) mass is 293 g/mol. The Morgan fingerprint density at radius 1 is 1.38 bits per heavy atom. The number of piperidine rings is 1. The summed E-state index contributed by atoms with van der Waals surface area (Å²) in [7, 11) is 0. The van der Waals surface area contributed by atoms with Gasteiger partial charge in [-0.2, -0.15) is 5.10 Å². The van der Waals surface area contributed by atoms with E-state index in [1.54, 1.807) is 15.8 Å². The summed E-state index contributed by atoms with van der Waals surface area (Å²) in [4.78, 5) is 25.6. The zero-order chi connectivity index (χ0) is 15.4. The molecule has 0 unspecified atom stereocenters. The fourth-order valence-electron chi connectivity index (χ4n) is 2.47. The van der Waals surface area contributed by atoms with Gasteiger partial charge >= 0.3 is 0 Å². The van der Waals surface area contributed by atoms with Crippen LogP contribution in [0.3, 0.4) is 0 Å². The molecule has 0 saturated carbocycles. The van der Waals surface area contributed by atoms with E-state index in [-0.39, 0.29) is 17.9 Å². The third-order valence-electron chi connectivity index (χ3n) is 3.78. The Hall–Kier alpha value is -2.05. The van der Waals surface area contributed by atoms with E-state index in [4.69, 9.17) is 5.73 Å². The number of aryl methyl sites for hydroxylation is 1. The van der Waals surface area contributed by atoms with Gasteiger partial charge in [0.1, 0.15) is 0 Å². The lowest BCUT2D eigenvalue weighted by Crippen LogP contribution is -2.46. The van der Waals surface area contributed by atoms with Crippen molar-refractivity contribution in [2.45, 2.75) is 45.7 Å². The Labute approximate surface area is 124 Å². The predicted octanol–water partition coefficient (Wildman–Crippen LogP) is 0.616. The lowest BCUT2D eigenvalue weighted by molar-refractivity contribution is -0.121. The molecule has 0 atom stereocenters. The van der Waals surface area contributed by atoms with Crippen molar-refractivity contribution in [3.63, 3.8) is 0 Å². The molecule has 0 aromatic carbocycles. The van der Waals surface area contributed by atoms with Gasteiger partial charge in [0.25, 0.3) is 5.91 Å². The number of nitrogens with zero attached hydrogens (tertiary/aromatic N) is 3. The maximum atomic E-state index is 12.4. The normalized spacial score (nSPS) is 16.0. The minimum Gasteiger partial charge on any atom is -0.396 e. The summed E-state index contributed by atoms with van der Waals surface area (Å²) in [5.74, 6) is -0.0642. The lowest BCUT2D eigenvalue weighted by atomic mass is 10.0. The fourth-order valence-corrected chi connectivity index (χ4v) is 2.47. The topological polar surface area (TPSA) is 93.2 Å². The highest BCUT2D eigenvalue weighted by Crippen LogP contribution is 2.17. The van der Waals surface area contributed by atoms with Crippen LogP contribution in [0, 0.1) is 0 Å². The van der Waals surface area contributed by atoms with E-state index in [1.165, 1.54) is 0 Å². The smallest absolute Gasteiger partial charge is 0.276 e. The maximum Gasteiger partial charge on any atom is 0.276 e. The number of anilines is 1. The van der Waals surface area contributed by atoms with E-state index in [1.807, 2.05) is 13.8 Å². The summed E-state index contributed by atoms with van der Waals surface area (Å²) < 4.78 is 1.66. The molecule has 0 spiro atoms. The van der Waals surface area contributed by atoms with Gasteiger partial charge < -0.3 is 16.0 Å². The first-order valence-electron chi connectivity index (χ1n) is 7.46. The average molecular weight is 293 g/mol. The van der Waals surface area contributed by atoms with Crippen LogP contribution in [0.15, 0.2) is 6.20 Å². The minimum absolute atomic E-state index is 0.0608. The molecule has 1 aliphatic rings. The molecule has 2 amide bonds. The van der Waals surface area contributed by atoms with Crippen LogP contribution in [0.2, 0.25) is 0 Å². The Balaban J connectivity index is 1.93. The second-order valence-corrected chi connectivity index (χ2v) is 5.28. The molecule has 21 heavy (non-hydrogen) atoms. The van der Waals surface area contributed by atoms with Crippen LogP contribution in [0.5, 0.6) is 0 Å². The van der Waals surface area contributed by atoms with Crippen molar-refractivity contribution >= 4 is 17.5 Å². The van der Waals surface area contributed by atoms with E-state index in [0.29, 0.717) is 37.4 Å². The number of nitrogen functional groups attached to an aromatic ring is 1. The van der Waals surface area contributed by atoms with Gasteiger partial charge in [0.05, 0.1) is 5.69 Å². The standard InChI is InChI=1S/C14H23N5O2/c1-3-12(20)16-10-5-7-18(8-6-10)14(21)13-11(15)9-19(4-2)17-13/h9-10H,3-8,15H2,1-2H3,(H,16,20). The molecule has 2 rings (SSSR count). The Morgan fingerprint density at radius 3 is 2.57 bits per heavy atom. The van der Waals surface area contributed by atoms with Crippen molar-refractivity contribution in [2.75, 3.05) is 18.8 Å². The quantitative estimate of drug-likeness (QED) is 0.851. The number of hydrogen-bond acceptors (Lipinski definition) is 4. The number of hydrogen-bond donors (Lipinski definition) is 2. The van der Waals surface area contributed by atoms with Gasteiger partial charge in [0, 0.05) is 38.3 Å². The third-order valence-corrected chi connectivity index (χ3v) is 3.78. The molecule has 1 aromatic heterocycles. The first kappa shape index (κ1) is 15.3. The predicted molar refractivity (Wildman–Crippen MR) is 79.7 cm³/mol. The van der Waals surface area contributed by atoms with Crippen molar-refractivity contribution in [3.05, 3.63) is 11.9 Å². The summed E-state index contributed by atoms with van der Waals surface area (Å²) in [6.45, 7) is 5.70. The number of nitrogens with two attached hydrogens (primary N) is 1. The van der Waals surface area contributed by atoms with Crippen molar-refractivity contribution in [1.82, 2.24) is 20.0 Å². The van der Waals surface area contributed by atoms with E-state index in [0.717, 1.165) is 12.8 Å². The number of amides is 2. The number of carbonyl (C=O) groups is 2. The van der Waals surface area contributed by atoms with Crippen LogP contribution >= 0.6 is 0 Å². The molecular formula is C14H23N5O2. The zero-order valence-corrected chi connectivity index (χ0v) is 12.6. The van der Waals surface area contributed by atoms with Gasteiger partial charge in [-0.3, -0.25) is 14.3 Å². The molecule has 1 saturated heterocycles. The van der Waals surface area contributed by atoms with Gasteiger partial charge in [-0.1, -0.05) is 6.92 Å². The van der Waals surface area contributed by atoms with Gasteiger partial charge in [-0.15, -0.1) is 0 Å². The Kier molecular flexibility index (Phi) is 4.82. The van der Waals surface area contributed by atoms with Crippen molar-refractivity contribution in [1.29, 1.82) is 0 Å². The summed E-state index contributed by atoms with van der Waals surface area (Å²) in [5, 5.41) is 7.19. The molecule has 116 valence electrons. The molecule has 1 fully saturated rings. The second-order valence-electron chi connectivity index (χ2n) is 5.28. The van der Waals surface area contributed by atoms with Gasteiger partial charge in [0.2, 0.25) is 5.91 Å². The molecule has 1 aliphatic heterocycles. The third kappa shape index (κ3) is 3.53. The van der Waals surface area contributed by atoms with E-state index in [2.05, 4.69) is 10.4 Å². The minimum atomic E-state index is -0.125. The summed E-state index contributed by atoms with van der Waals surface area (Å²) >= 11 is 0. The number of likely N-dealkylation sites (tertiary alicyclic amines) is 1. The molecular weight excluding hydrogens is 270 g/mol. The average Bonchev–Trinajstić information content (AvgIpc) is 2.88. The van der Waals surface area contributed by atoms with Gasteiger partial charge in [-0.25, -0.2) is 0 Å². The summed E-state index contributed by atoms with van der Waals surface area (Å²) in [6, 6.07) is 0.159. The molecule has 7 nitrogen and oxygen atoms in total. The molecule has 3 N–H and O–H groups in total. The number of aromatic nitrogens is 2. The van der Waals surface area contributed by atoms with Crippen LogP contribution in [0.1, 0.15) is 43.6 Å². The number of nitrogens with one attached hydrogen (secondary N) is 1. The van der Waals surface area contributed by atoms with Gasteiger partial charge in [-0.05, 0) is 19.8 Å². The first-order chi connectivity index (χ1) is 10.0.